The lowest BCUT2D eigenvalue weighted by atomic mass is 10.1. The van der Waals surface area contributed by atoms with Crippen molar-refractivity contribution in [1.29, 1.82) is 0 Å². The maximum absolute atomic E-state index is 12.4. The van der Waals surface area contributed by atoms with E-state index in [9.17, 15) is 19.5 Å². The lowest BCUT2D eigenvalue weighted by Crippen LogP contribution is -2.34. The van der Waals surface area contributed by atoms with Gasteiger partial charge in [-0.2, -0.15) is 5.10 Å². The number of fused-ring (bicyclic) bond motifs is 1. The van der Waals surface area contributed by atoms with Gasteiger partial charge < -0.3 is 15.2 Å². The molecule has 0 spiro atoms. The third-order valence-electron chi connectivity index (χ3n) is 3.69. The molecule has 0 aliphatic heterocycles. The molecule has 7 heteroatoms. The highest BCUT2D eigenvalue weighted by molar-refractivity contribution is 6.00. The summed E-state index contributed by atoms with van der Waals surface area (Å²) in [6.45, 7) is 1.52. The monoisotopic (exact) mass is 336 g/mol. The Labute approximate surface area is 142 Å². The minimum absolute atomic E-state index is 0.167. The predicted molar refractivity (Wildman–Crippen MR) is 90.1 cm³/mol. The molecule has 2 aromatic carbocycles. The minimum atomic E-state index is -1.51. The van der Waals surface area contributed by atoms with Gasteiger partial charge in [-0.15, -0.1) is 0 Å². The third-order valence-corrected chi connectivity index (χ3v) is 3.69. The molecule has 7 nitrogen and oxygen atoms in total. The summed E-state index contributed by atoms with van der Waals surface area (Å²) in [6.07, 6.45) is 0. The largest absolute Gasteiger partial charge is 0.543 e. The van der Waals surface area contributed by atoms with Crippen molar-refractivity contribution in [1.82, 2.24) is 9.78 Å². The zero-order valence-corrected chi connectivity index (χ0v) is 13.4. The first-order valence-electron chi connectivity index (χ1n) is 7.53. The van der Waals surface area contributed by atoms with Crippen LogP contribution in [0.5, 0.6) is 0 Å². The fraction of sp³-hybridized carbons (Fsp3) is 0.111. The van der Waals surface area contributed by atoms with Crippen LogP contribution in [0.25, 0.3) is 10.8 Å². The lowest BCUT2D eigenvalue weighted by Gasteiger charge is -2.11. The normalized spacial score (nSPS) is 10.6. The molecule has 3 rings (SSSR count). The molecule has 0 saturated heterocycles. The van der Waals surface area contributed by atoms with Crippen molar-refractivity contribution in [2.24, 2.45) is 0 Å². The van der Waals surface area contributed by atoms with Crippen molar-refractivity contribution in [2.75, 3.05) is 5.32 Å². The van der Waals surface area contributed by atoms with E-state index in [-0.39, 0.29) is 16.5 Å². The van der Waals surface area contributed by atoms with Gasteiger partial charge in [-0.3, -0.25) is 9.59 Å². The van der Waals surface area contributed by atoms with Crippen LogP contribution >= 0.6 is 0 Å². The number of carboxylic acid groups (broad SMARTS) is 1. The predicted octanol–water partition coefficient (Wildman–Crippen LogP) is 0.707. The molecule has 1 N–H and O–H groups in total. The Balaban J connectivity index is 1.94. The first kappa shape index (κ1) is 16.4. The number of hydrogen-bond acceptors (Lipinski definition) is 5. The van der Waals surface area contributed by atoms with Gasteiger partial charge in [0, 0.05) is 11.1 Å². The first-order chi connectivity index (χ1) is 12.0. The van der Waals surface area contributed by atoms with Crippen molar-refractivity contribution in [2.45, 2.75) is 13.5 Å². The average Bonchev–Trinajstić information content (AvgIpc) is 2.59. The molecule has 0 saturated carbocycles. The van der Waals surface area contributed by atoms with Crippen LogP contribution in [0, 0.1) is 6.92 Å². The quantitative estimate of drug-likeness (QED) is 0.755. The van der Waals surface area contributed by atoms with Crippen molar-refractivity contribution in [3.05, 3.63) is 70.1 Å². The summed E-state index contributed by atoms with van der Waals surface area (Å²) in [5, 5.41) is 18.1. The number of nitrogens with one attached hydrogen (secondary N) is 1. The second-order valence-corrected chi connectivity index (χ2v) is 5.56. The third kappa shape index (κ3) is 3.40. The van der Waals surface area contributed by atoms with Gasteiger partial charge in [0.25, 0.3) is 5.56 Å². The first-order valence-corrected chi connectivity index (χ1v) is 7.53. The Morgan fingerprint density at radius 2 is 1.72 bits per heavy atom. The van der Waals surface area contributed by atoms with E-state index in [0.29, 0.717) is 5.69 Å². The van der Waals surface area contributed by atoms with Crippen LogP contribution in [0.1, 0.15) is 16.1 Å². The second kappa shape index (κ2) is 6.56. The average molecular weight is 336 g/mol. The molecular formula is C18H14N3O4-. The van der Waals surface area contributed by atoms with E-state index in [0.717, 1.165) is 10.2 Å². The molecular weight excluding hydrogens is 322 g/mol. The maximum Gasteiger partial charge on any atom is 0.275 e. The van der Waals surface area contributed by atoms with Gasteiger partial charge in [-0.1, -0.05) is 35.9 Å². The van der Waals surface area contributed by atoms with Crippen molar-refractivity contribution >= 4 is 28.3 Å². The zero-order valence-electron chi connectivity index (χ0n) is 13.4. The van der Waals surface area contributed by atoms with Gasteiger partial charge in [0.2, 0.25) is 5.91 Å². The van der Waals surface area contributed by atoms with E-state index >= 15 is 0 Å². The van der Waals surface area contributed by atoms with Gasteiger partial charge in [0.15, 0.2) is 0 Å². The van der Waals surface area contributed by atoms with E-state index in [1.165, 1.54) is 12.1 Å². The number of carbonyl (C=O) groups is 2. The second-order valence-electron chi connectivity index (χ2n) is 5.56. The Bertz CT molecular complexity index is 1020. The summed E-state index contributed by atoms with van der Waals surface area (Å²) in [5.41, 5.74) is 0.701. The molecule has 0 aliphatic rings. The Morgan fingerprint density at radius 1 is 1.08 bits per heavy atom. The topological polar surface area (TPSA) is 104 Å². The minimum Gasteiger partial charge on any atom is -0.543 e. The number of hydrogen-bond donors (Lipinski definition) is 1. The number of nitrogens with zero attached hydrogens (tertiary/aromatic N) is 2. The molecule has 1 amide bonds. The molecule has 126 valence electrons. The Kier molecular flexibility index (Phi) is 4.30. The van der Waals surface area contributed by atoms with Gasteiger partial charge in [0.1, 0.15) is 12.2 Å². The van der Waals surface area contributed by atoms with Crippen LogP contribution in [0.15, 0.2) is 53.3 Å². The molecule has 0 atom stereocenters. The van der Waals surface area contributed by atoms with E-state index in [1.54, 1.807) is 24.3 Å². The van der Waals surface area contributed by atoms with E-state index in [2.05, 4.69) is 10.4 Å². The number of aryl methyl sites for hydroxylation is 1. The number of carbonyl (C=O) groups excluding carboxylic acids is 2. The van der Waals surface area contributed by atoms with E-state index in [1.807, 2.05) is 19.1 Å². The molecule has 1 heterocycles. The molecule has 0 unspecified atom stereocenters. The molecule has 0 fully saturated rings. The van der Waals surface area contributed by atoms with Gasteiger partial charge in [-0.25, -0.2) is 4.68 Å². The fourth-order valence-electron chi connectivity index (χ4n) is 2.47. The summed E-state index contributed by atoms with van der Waals surface area (Å²) in [6, 6.07) is 13.3. The molecule has 0 aliphatic carbocycles. The van der Waals surface area contributed by atoms with E-state index < -0.39 is 24.0 Å². The summed E-state index contributed by atoms with van der Waals surface area (Å²) < 4.78 is 0.830. The number of benzene rings is 2. The SMILES string of the molecule is Cc1ccc(NC(=O)Cn2nc(C(=O)[O-])c3ccccc3c2=O)cc1. The Hall–Kier alpha value is -3.48. The number of aromatic nitrogens is 2. The van der Waals surface area contributed by atoms with Gasteiger partial charge in [-0.05, 0) is 25.1 Å². The van der Waals surface area contributed by atoms with Crippen LogP contribution in [-0.2, 0) is 11.3 Å². The van der Waals surface area contributed by atoms with Crippen LogP contribution in [0.4, 0.5) is 5.69 Å². The van der Waals surface area contributed by atoms with Gasteiger partial charge >= 0.3 is 0 Å². The van der Waals surface area contributed by atoms with Crippen LogP contribution in [0.3, 0.4) is 0 Å². The number of carboxylic acids is 1. The maximum atomic E-state index is 12.4. The van der Waals surface area contributed by atoms with Crippen molar-refractivity contribution in [3.8, 4) is 0 Å². The van der Waals surface area contributed by atoms with Crippen LogP contribution in [0.2, 0.25) is 0 Å². The van der Waals surface area contributed by atoms with Crippen LogP contribution < -0.4 is 16.0 Å². The highest BCUT2D eigenvalue weighted by Gasteiger charge is 2.13. The summed E-state index contributed by atoms with van der Waals surface area (Å²) in [7, 11) is 0. The fourth-order valence-corrected chi connectivity index (χ4v) is 2.47. The highest BCUT2D eigenvalue weighted by atomic mass is 16.4. The lowest BCUT2D eigenvalue weighted by molar-refractivity contribution is -0.255. The molecule has 0 radical (unpaired) electrons. The van der Waals surface area contributed by atoms with Gasteiger partial charge in [0.05, 0.1) is 11.4 Å². The van der Waals surface area contributed by atoms with Crippen molar-refractivity contribution < 1.29 is 14.7 Å². The number of aromatic carboxylic acids is 1. The smallest absolute Gasteiger partial charge is 0.275 e. The van der Waals surface area contributed by atoms with Crippen LogP contribution in [-0.4, -0.2) is 21.7 Å². The molecule has 25 heavy (non-hydrogen) atoms. The molecule has 1 aromatic heterocycles. The number of rotatable bonds is 4. The van der Waals surface area contributed by atoms with Crippen molar-refractivity contribution in [3.63, 3.8) is 0 Å². The summed E-state index contributed by atoms with van der Waals surface area (Å²) in [4.78, 5) is 35.9. The van der Waals surface area contributed by atoms with E-state index in [4.69, 9.17) is 0 Å². The standard InChI is InChI=1S/C18H15N3O4/c1-11-6-8-12(9-7-11)19-15(22)10-21-17(23)14-5-3-2-4-13(14)16(20-21)18(24)25/h2-9H,10H2,1H3,(H,19,22)(H,24,25)/p-1. The zero-order chi connectivity index (χ0) is 18.0. The Morgan fingerprint density at radius 3 is 2.36 bits per heavy atom. The number of anilines is 1. The summed E-state index contributed by atoms with van der Waals surface area (Å²) >= 11 is 0. The molecule has 3 aromatic rings. The summed E-state index contributed by atoms with van der Waals surface area (Å²) in [5.74, 6) is -2.00. The highest BCUT2D eigenvalue weighted by Crippen LogP contribution is 2.13. The molecule has 0 bridgehead atoms. The number of amides is 1.